The van der Waals surface area contributed by atoms with Crippen LogP contribution >= 0.6 is 24.8 Å². The average molecular weight is 411 g/mol. The molecule has 0 bridgehead atoms. The number of rotatable bonds is 4. The van der Waals surface area contributed by atoms with E-state index in [1.165, 1.54) is 0 Å². The lowest BCUT2D eigenvalue weighted by Gasteiger charge is -2.27. The molecule has 1 aromatic carbocycles. The summed E-state index contributed by atoms with van der Waals surface area (Å²) in [4.78, 5) is 28.7. The Kier molecular flexibility index (Phi) is 9.21. The van der Waals surface area contributed by atoms with E-state index in [1.807, 2.05) is 0 Å². The van der Waals surface area contributed by atoms with E-state index in [0.29, 0.717) is 23.0 Å². The molecule has 0 spiro atoms. The topological polar surface area (TPSA) is 83.1 Å². The molecule has 6 nitrogen and oxygen atoms in total. The maximum Gasteiger partial charge on any atom is 0.255 e. The second kappa shape index (κ2) is 10.9. The number of pyridine rings is 1. The minimum Gasteiger partial charge on any atom is -0.326 e. The van der Waals surface area contributed by atoms with Crippen molar-refractivity contribution in [2.24, 2.45) is 5.92 Å². The fourth-order valence-corrected chi connectivity index (χ4v) is 2.99. The smallest absolute Gasteiger partial charge is 0.255 e. The Morgan fingerprint density at radius 1 is 1.07 bits per heavy atom. The van der Waals surface area contributed by atoms with Crippen LogP contribution in [0.15, 0.2) is 48.8 Å². The van der Waals surface area contributed by atoms with E-state index in [9.17, 15) is 9.59 Å². The number of hydrogen-bond acceptors (Lipinski definition) is 4. The highest BCUT2D eigenvalue weighted by atomic mass is 35.5. The van der Waals surface area contributed by atoms with E-state index in [2.05, 4.69) is 27.9 Å². The molecule has 0 unspecified atom stereocenters. The van der Waals surface area contributed by atoms with Gasteiger partial charge in [-0.3, -0.25) is 14.6 Å². The van der Waals surface area contributed by atoms with Gasteiger partial charge in [0.2, 0.25) is 5.91 Å². The number of carbonyl (C=O) groups excluding carboxylic acids is 2. The second-order valence-electron chi connectivity index (χ2n) is 6.34. The zero-order valence-electron chi connectivity index (χ0n) is 15.0. The van der Waals surface area contributed by atoms with Gasteiger partial charge in [0.15, 0.2) is 0 Å². The minimum absolute atomic E-state index is 0. The van der Waals surface area contributed by atoms with Gasteiger partial charge in [-0.15, -0.1) is 24.8 Å². The highest BCUT2D eigenvalue weighted by Crippen LogP contribution is 2.19. The summed E-state index contributed by atoms with van der Waals surface area (Å²) in [6, 6.07) is 10.8. The van der Waals surface area contributed by atoms with Gasteiger partial charge < -0.3 is 16.0 Å². The molecule has 1 aromatic heterocycles. The zero-order valence-corrected chi connectivity index (χ0v) is 16.6. The third-order valence-electron chi connectivity index (χ3n) is 4.32. The van der Waals surface area contributed by atoms with Crippen LogP contribution in [0.4, 0.5) is 11.4 Å². The molecule has 146 valence electrons. The number of aromatic nitrogens is 1. The van der Waals surface area contributed by atoms with Crippen molar-refractivity contribution in [3.8, 4) is 0 Å². The Bertz CT molecular complexity index is 758. The first kappa shape index (κ1) is 22.9. The van der Waals surface area contributed by atoms with Gasteiger partial charge in [0.1, 0.15) is 0 Å². The predicted molar refractivity (Wildman–Crippen MR) is 112 cm³/mol. The van der Waals surface area contributed by atoms with Crippen LogP contribution in [0.5, 0.6) is 0 Å². The van der Waals surface area contributed by atoms with Crippen molar-refractivity contribution in [1.82, 2.24) is 10.3 Å². The maximum atomic E-state index is 12.4. The van der Waals surface area contributed by atoms with E-state index in [0.717, 1.165) is 19.4 Å². The quantitative estimate of drug-likeness (QED) is 0.719. The molecule has 8 heteroatoms. The van der Waals surface area contributed by atoms with Crippen LogP contribution in [0.3, 0.4) is 0 Å². The predicted octanol–water partition coefficient (Wildman–Crippen LogP) is 3.50. The lowest BCUT2D eigenvalue weighted by Crippen LogP contribution is -2.40. The number of carbonyl (C=O) groups is 2. The summed E-state index contributed by atoms with van der Waals surface area (Å²) in [5.41, 5.74) is 1.81. The van der Waals surface area contributed by atoms with E-state index in [1.54, 1.807) is 48.8 Å². The number of anilines is 2. The number of amides is 2. The summed E-state index contributed by atoms with van der Waals surface area (Å²) in [6.45, 7) is 2.94. The zero-order chi connectivity index (χ0) is 17.6. The Morgan fingerprint density at radius 3 is 2.52 bits per heavy atom. The standard InChI is InChI=1S/C19H22N4O2.2ClH/c1-13-11-15(5-10-21-13)19(25)23-17-4-2-3-14(12-17)18(24)22-16-6-8-20-9-7-16;;/h2-4,6-9,12-13,15,21H,5,10-11H2,1H3,(H,23,25)(H,20,22,24);2*1H/t13-,15-;;/m0../s1. The molecule has 1 fully saturated rings. The highest BCUT2D eigenvalue weighted by molar-refractivity contribution is 6.05. The molecule has 1 saturated heterocycles. The van der Waals surface area contributed by atoms with Crippen molar-refractivity contribution in [1.29, 1.82) is 0 Å². The Balaban J connectivity index is 0.00000182. The number of nitrogens with zero attached hydrogens (tertiary/aromatic N) is 1. The third-order valence-corrected chi connectivity index (χ3v) is 4.32. The van der Waals surface area contributed by atoms with Gasteiger partial charge in [0, 0.05) is 41.3 Å². The molecule has 2 aromatic rings. The van der Waals surface area contributed by atoms with E-state index < -0.39 is 0 Å². The molecule has 0 radical (unpaired) electrons. The van der Waals surface area contributed by atoms with Gasteiger partial charge in [-0.25, -0.2) is 0 Å². The third kappa shape index (κ3) is 6.50. The molecular weight excluding hydrogens is 387 g/mol. The molecule has 0 aliphatic carbocycles. The molecular formula is C19H24Cl2N4O2. The molecule has 0 saturated carbocycles. The van der Waals surface area contributed by atoms with E-state index in [-0.39, 0.29) is 42.5 Å². The summed E-state index contributed by atoms with van der Waals surface area (Å²) in [7, 11) is 0. The minimum atomic E-state index is -0.224. The van der Waals surface area contributed by atoms with Crippen LogP contribution in [0, 0.1) is 5.92 Å². The monoisotopic (exact) mass is 410 g/mol. The summed E-state index contributed by atoms with van der Waals surface area (Å²) >= 11 is 0. The van der Waals surface area contributed by atoms with Crippen LogP contribution in [0.2, 0.25) is 0 Å². The van der Waals surface area contributed by atoms with Crippen LogP contribution < -0.4 is 16.0 Å². The van der Waals surface area contributed by atoms with Crippen molar-refractivity contribution >= 4 is 48.0 Å². The van der Waals surface area contributed by atoms with Gasteiger partial charge in [0.05, 0.1) is 0 Å². The van der Waals surface area contributed by atoms with Crippen molar-refractivity contribution < 1.29 is 9.59 Å². The second-order valence-corrected chi connectivity index (χ2v) is 6.34. The van der Waals surface area contributed by atoms with Crippen molar-refractivity contribution in [3.63, 3.8) is 0 Å². The normalized spacial score (nSPS) is 18.4. The Hall–Kier alpha value is -2.15. The Morgan fingerprint density at radius 2 is 1.81 bits per heavy atom. The molecule has 27 heavy (non-hydrogen) atoms. The summed E-state index contributed by atoms with van der Waals surface area (Å²) in [5.74, 6) is -0.205. The van der Waals surface area contributed by atoms with Crippen LogP contribution in [0.1, 0.15) is 30.1 Å². The lowest BCUT2D eigenvalue weighted by molar-refractivity contribution is -0.120. The summed E-state index contributed by atoms with van der Waals surface area (Å²) in [6.07, 6.45) is 4.89. The maximum absolute atomic E-state index is 12.4. The van der Waals surface area contributed by atoms with Gasteiger partial charge >= 0.3 is 0 Å². The first-order chi connectivity index (χ1) is 12.1. The SMILES string of the molecule is C[C@H]1C[C@@H](C(=O)Nc2cccc(C(=O)Nc3ccncc3)c2)CCN1.Cl.Cl. The van der Waals surface area contributed by atoms with Gasteiger partial charge in [-0.1, -0.05) is 6.07 Å². The fraction of sp³-hybridized carbons (Fsp3) is 0.316. The van der Waals surface area contributed by atoms with Gasteiger partial charge in [0.25, 0.3) is 5.91 Å². The molecule has 3 N–H and O–H groups in total. The van der Waals surface area contributed by atoms with Crippen molar-refractivity contribution in [3.05, 3.63) is 54.4 Å². The number of nitrogens with one attached hydrogen (secondary N) is 3. The number of benzene rings is 1. The van der Waals surface area contributed by atoms with E-state index >= 15 is 0 Å². The molecule has 1 aliphatic heterocycles. The van der Waals surface area contributed by atoms with Crippen molar-refractivity contribution in [2.75, 3.05) is 17.2 Å². The van der Waals surface area contributed by atoms with E-state index in [4.69, 9.17) is 0 Å². The molecule has 1 aliphatic rings. The van der Waals surface area contributed by atoms with Gasteiger partial charge in [-0.05, 0) is 56.6 Å². The first-order valence-corrected chi connectivity index (χ1v) is 8.47. The summed E-state index contributed by atoms with van der Waals surface area (Å²) in [5, 5.41) is 9.08. The largest absolute Gasteiger partial charge is 0.326 e. The average Bonchev–Trinajstić information content (AvgIpc) is 2.63. The number of piperidine rings is 1. The first-order valence-electron chi connectivity index (χ1n) is 8.47. The van der Waals surface area contributed by atoms with Crippen LogP contribution in [-0.4, -0.2) is 29.4 Å². The van der Waals surface area contributed by atoms with Crippen LogP contribution in [-0.2, 0) is 4.79 Å². The molecule has 2 amide bonds. The highest BCUT2D eigenvalue weighted by Gasteiger charge is 2.24. The van der Waals surface area contributed by atoms with Gasteiger partial charge in [-0.2, -0.15) is 0 Å². The lowest BCUT2D eigenvalue weighted by atomic mass is 9.92. The molecule has 2 atom stereocenters. The van der Waals surface area contributed by atoms with Crippen molar-refractivity contribution in [2.45, 2.75) is 25.8 Å². The summed E-state index contributed by atoms with van der Waals surface area (Å²) < 4.78 is 0. The Labute approximate surface area is 171 Å². The molecule has 2 heterocycles. The number of halogens is 2. The van der Waals surface area contributed by atoms with Crippen LogP contribution in [0.25, 0.3) is 0 Å². The molecule has 3 rings (SSSR count). The number of hydrogen-bond donors (Lipinski definition) is 3. The fourth-order valence-electron chi connectivity index (χ4n) is 2.99.